The summed E-state index contributed by atoms with van der Waals surface area (Å²) in [6.07, 6.45) is 2.15. The highest BCUT2D eigenvalue weighted by Crippen LogP contribution is 2.24. The molecule has 3 rings (SSSR count). The van der Waals surface area contributed by atoms with E-state index in [1.54, 1.807) is 4.90 Å². The zero-order valence-electron chi connectivity index (χ0n) is 14.0. The lowest BCUT2D eigenvalue weighted by Gasteiger charge is -2.33. The van der Waals surface area contributed by atoms with Crippen molar-refractivity contribution in [3.05, 3.63) is 65.0 Å². The molecule has 2 heterocycles. The molecule has 6 heteroatoms. The first-order valence-corrected chi connectivity index (χ1v) is 8.27. The van der Waals surface area contributed by atoms with E-state index in [4.69, 9.17) is 9.84 Å². The fourth-order valence-electron chi connectivity index (χ4n) is 2.87. The Labute approximate surface area is 146 Å². The number of carboxylic acids is 1. The minimum absolute atomic E-state index is 0.134. The van der Waals surface area contributed by atoms with Crippen LogP contribution in [0.1, 0.15) is 45.0 Å². The second-order valence-corrected chi connectivity index (χ2v) is 5.94. The van der Waals surface area contributed by atoms with E-state index in [9.17, 15) is 9.59 Å². The van der Waals surface area contributed by atoms with Gasteiger partial charge in [0.15, 0.2) is 0 Å². The van der Waals surface area contributed by atoms with Crippen LogP contribution in [0.3, 0.4) is 0 Å². The summed E-state index contributed by atoms with van der Waals surface area (Å²) in [7, 11) is 0. The molecule has 1 aliphatic heterocycles. The Morgan fingerprint density at radius 2 is 2.04 bits per heavy atom. The number of hydrogen-bond acceptors (Lipinski definition) is 4. The highest BCUT2D eigenvalue weighted by Gasteiger charge is 2.26. The Bertz CT molecular complexity index is 773. The van der Waals surface area contributed by atoms with Crippen molar-refractivity contribution >= 4 is 11.9 Å². The number of amides is 1. The third-order valence-corrected chi connectivity index (χ3v) is 4.34. The van der Waals surface area contributed by atoms with Crippen LogP contribution in [0.4, 0.5) is 0 Å². The highest BCUT2D eigenvalue weighted by atomic mass is 16.5. The molecule has 25 heavy (non-hydrogen) atoms. The highest BCUT2D eigenvalue weighted by molar-refractivity contribution is 5.96. The Kier molecular flexibility index (Phi) is 5.09. The monoisotopic (exact) mass is 340 g/mol. The van der Waals surface area contributed by atoms with Gasteiger partial charge in [0.25, 0.3) is 5.91 Å². The first-order chi connectivity index (χ1) is 12.1. The molecule has 6 nitrogen and oxygen atoms in total. The SMILES string of the molecule is CCc1ccc(C2CN(C(=O)c3ccnc(C(=O)O)c3)CCO2)cc1. The summed E-state index contributed by atoms with van der Waals surface area (Å²) in [5.41, 5.74) is 2.49. The summed E-state index contributed by atoms with van der Waals surface area (Å²) in [5.74, 6) is -1.35. The normalized spacial score (nSPS) is 17.3. The second-order valence-electron chi connectivity index (χ2n) is 5.94. The van der Waals surface area contributed by atoms with Crippen molar-refractivity contribution in [2.75, 3.05) is 19.7 Å². The van der Waals surface area contributed by atoms with E-state index in [0.29, 0.717) is 25.3 Å². The fourth-order valence-corrected chi connectivity index (χ4v) is 2.87. The molecule has 1 N–H and O–H groups in total. The largest absolute Gasteiger partial charge is 0.477 e. The molecule has 1 aliphatic rings. The molecular formula is C19H20N2O4. The van der Waals surface area contributed by atoms with Gasteiger partial charge in [-0.1, -0.05) is 31.2 Å². The molecule has 0 radical (unpaired) electrons. The molecule has 2 aromatic rings. The Morgan fingerprint density at radius 3 is 2.72 bits per heavy atom. The lowest BCUT2D eigenvalue weighted by Crippen LogP contribution is -2.42. The zero-order chi connectivity index (χ0) is 17.8. The number of carbonyl (C=O) groups is 2. The van der Waals surface area contributed by atoms with E-state index in [2.05, 4.69) is 24.0 Å². The smallest absolute Gasteiger partial charge is 0.354 e. The van der Waals surface area contributed by atoms with Gasteiger partial charge in [0.05, 0.1) is 13.2 Å². The number of ether oxygens (including phenoxy) is 1. The summed E-state index contributed by atoms with van der Waals surface area (Å²) in [4.78, 5) is 29.2. The number of rotatable bonds is 4. The number of carbonyl (C=O) groups excluding carboxylic acids is 1. The van der Waals surface area contributed by atoms with Crippen LogP contribution in [0.15, 0.2) is 42.6 Å². The number of hydrogen-bond donors (Lipinski definition) is 1. The van der Waals surface area contributed by atoms with E-state index in [-0.39, 0.29) is 17.7 Å². The van der Waals surface area contributed by atoms with Crippen LogP contribution in [0.5, 0.6) is 0 Å². The predicted molar refractivity (Wildman–Crippen MR) is 91.6 cm³/mol. The lowest BCUT2D eigenvalue weighted by molar-refractivity contribution is -0.0228. The van der Waals surface area contributed by atoms with Gasteiger partial charge in [0.1, 0.15) is 11.8 Å². The van der Waals surface area contributed by atoms with Gasteiger partial charge in [-0.3, -0.25) is 4.79 Å². The number of carboxylic acid groups (broad SMARTS) is 1. The molecular weight excluding hydrogens is 320 g/mol. The van der Waals surface area contributed by atoms with Gasteiger partial charge in [-0.05, 0) is 29.7 Å². The first-order valence-electron chi connectivity index (χ1n) is 8.27. The van der Waals surface area contributed by atoms with E-state index in [1.165, 1.54) is 23.9 Å². The number of aryl methyl sites for hydroxylation is 1. The van der Waals surface area contributed by atoms with Crippen molar-refractivity contribution in [3.8, 4) is 0 Å². The summed E-state index contributed by atoms with van der Waals surface area (Å²) < 4.78 is 5.82. The summed E-state index contributed by atoms with van der Waals surface area (Å²) in [6.45, 7) is 3.47. The van der Waals surface area contributed by atoms with Crippen molar-refractivity contribution in [2.45, 2.75) is 19.4 Å². The van der Waals surface area contributed by atoms with Crippen LogP contribution in [0, 0.1) is 0 Å². The van der Waals surface area contributed by atoms with E-state index in [0.717, 1.165) is 12.0 Å². The second kappa shape index (κ2) is 7.44. The van der Waals surface area contributed by atoms with Crippen molar-refractivity contribution in [2.24, 2.45) is 0 Å². The van der Waals surface area contributed by atoms with Crippen LogP contribution >= 0.6 is 0 Å². The predicted octanol–water partition coefficient (Wildman–Crippen LogP) is 2.56. The average Bonchev–Trinajstić information content (AvgIpc) is 2.67. The molecule has 1 fully saturated rings. The summed E-state index contributed by atoms with van der Waals surface area (Å²) in [6, 6.07) is 11.1. The quantitative estimate of drug-likeness (QED) is 0.925. The number of pyridine rings is 1. The Balaban J connectivity index is 1.75. The van der Waals surface area contributed by atoms with Crippen molar-refractivity contribution in [1.82, 2.24) is 9.88 Å². The molecule has 1 aromatic heterocycles. The van der Waals surface area contributed by atoms with E-state index >= 15 is 0 Å². The zero-order valence-corrected chi connectivity index (χ0v) is 14.0. The average molecular weight is 340 g/mol. The number of aromatic nitrogens is 1. The molecule has 1 amide bonds. The molecule has 1 unspecified atom stereocenters. The molecule has 0 bridgehead atoms. The molecule has 0 spiro atoms. The van der Waals surface area contributed by atoms with Crippen LogP contribution in [0.2, 0.25) is 0 Å². The van der Waals surface area contributed by atoms with Gasteiger partial charge >= 0.3 is 5.97 Å². The van der Waals surface area contributed by atoms with Crippen molar-refractivity contribution < 1.29 is 19.4 Å². The van der Waals surface area contributed by atoms with E-state index < -0.39 is 5.97 Å². The minimum atomic E-state index is -1.15. The third kappa shape index (κ3) is 3.85. The minimum Gasteiger partial charge on any atom is -0.477 e. The molecule has 1 saturated heterocycles. The van der Waals surface area contributed by atoms with Gasteiger partial charge in [-0.25, -0.2) is 9.78 Å². The maximum absolute atomic E-state index is 12.7. The van der Waals surface area contributed by atoms with Crippen molar-refractivity contribution in [3.63, 3.8) is 0 Å². The maximum Gasteiger partial charge on any atom is 0.354 e. The van der Waals surface area contributed by atoms with Gasteiger partial charge < -0.3 is 14.7 Å². The Hall–Kier alpha value is -2.73. The lowest BCUT2D eigenvalue weighted by atomic mass is 10.0. The van der Waals surface area contributed by atoms with Gasteiger partial charge in [-0.15, -0.1) is 0 Å². The molecule has 1 atom stereocenters. The standard InChI is InChI=1S/C19H20N2O4/c1-2-13-3-5-14(6-4-13)17-12-21(9-10-25-17)18(22)15-7-8-20-16(11-15)19(23)24/h3-8,11,17H,2,9-10,12H2,1H3,(H,23,24). The molecule has 130 valence electrons. The Morgan fingerprint density at radius 1 is 1.28 bits per heavy atom. The third-order valence-electron chi connectivity index (χ3n) is 4.34. The number of benzene rings is 1. The number of aromatic carboxylic acids is 1. The van der Waals surface area contributed by atoms with Crippen molar-refractivity contribution in [1.29, 1.82) is 0 Å². The molecule has 0 saturated carbocycles. The first kappa shape index (κ1) is 17.1. The molecule has 0 aliphatic carbocycles. The van der Waals surface area contributed by atoms with Crippen LogP contribution in [-0.2, 0) is 11.2 Å². The van der Waals surface area contributed by atoms with E-state index in [1.807, 2.05) is 12.1 Å². The topological polar surface area (TPSA) is 79.7 Å². The number of morpholine rings is 1. The summed E-state index contributed by atoms with van der Waals surface area (Å²) >= 11 is 0. The fraction of sp³-hybridized carbons (Fsp3) is 0.316. The summed E-state index contributed by atoms with van der Waals surface area (Å²) in [5, 5.41) is 9.03. The van der Waals surface area contributed by atoms with Crippen LogP contribution < -0.4 is 0 Å². The van der Waals surface area contributed by atoms with Gasteiger partial charge in [-0.2, -0.15) is 0 Å². The number of nitrogens with zero attached hydrogens (tertiary/aromatic N) is 2. The maximum atomic E-state index is 12.7. The molecule has 1 aromatic carbocycles. The van der Waals surface area contributed by atoms with Gasteiger partial charge in [0.2, 0.25) is 0 Å². The van der Waals surface area contributed by atoms with Crippen LogP contribution in [-0.4, -0.2) is 46.6 Å². The van der Waals surface area contributed by atoms with Gasteiger partial charge in [0, 0.05) is 18.3 Å². The van der Waals surface area contributed by atoms with Crippen LogP contribution in [0.25, 0.3) is 0 Å².